The van der Waals surface area contributed by atoms with Crippen molar-refractivity contribution < 1.29 is 14.0 Å². The van der Waals surface area contributed by atoms with Crippen molar-refractivity contribution in [2.45, 2.75) is 25.8 Å². The number of carbonyl (C=O) groups is 2. The molecule has 1 atom stereocenters. The summed E-state index contributed by atoms with van der Waals surface area (Å²) in [7, 11) is 0. The van der Waals surface area contributed by atoms with Gasteiger partial charge in [-0.1, -0.05) is 30.3 Å². The molecule has 0 aliphatic carbocycles. The highest BCUT2D eigenvalue weighted by molar-refractivity contribution is 5.94. The zero-order valence-electron chi connectivity index (χ0n) is 14.8. The van der Waals surface area contributed by atoms with E-state index >= 15 is 0 Å². The van der Waals surface area contributed by atoms with E-state index in [0.717, 1.165) is 5.56 Å². The van der Waals surface area contributed by atoms with E-state index in [9.17, 15) is 14.0 Å². The summed E-state index contributed by atoms with van der Waals surface area (Å²) in [5.74, 6) is -0.514. The molecule has 0 bridgehead atoms. The van der Waals surface area contributed by atoms with E-state index in [0.29, 0.717) is 31.5 Å². The molecular weight excluding hydrogens is 331 g/mol. The third-order valence-corrected chi connectivity index (χ3v) is 4.90. The number of nitrogens with zero attached hydrogens (tertiary/aromatic N) is 1. The molecule has 1 aliphatic rings. The first kappa shape index (κ1) is 18.1. The molecule has 2 aromatic rings. The van der Waals surface area contributed by atoms with Gasteiger partial charge in [-0.2, -0.15) is 0 Å². The lowest BCUT2D eigenvalue weighted by Gasteiger charge is -2.32. The Bertz CT molecular complexity index is 753. The van der Waals surface area contributed by atoms with Crippen molar-refractivity contribution in [2.24, 2.45) is 5.92 Å². The van der Waals surface area contributed by atoms with Gasteiger partial charge in [0.1, 0.15) is 5.82 Å². The second kappa shape index (κ2) is 8.13. The normalized spacial score (nSPS) is 16.2. The van der Waals surface area contributed by atoms with E-state index in [1.165, 1.54) is 24.3 Å². The average molecular weight is 354 g/mol. The van der Waals surface area contributed by atoms with Crippen molar-refractivity contribution in [3.63, 3.8) is 0 Å². The molecule has 3 rings (SSSR count). The van der Waals surface area contributed by atoms with Gasteiger partial charge in [0.25, 0.3) is 5.91 Å². The number of nitrogens with one attached hydrogen (secondary N) is 1. The van der Waals surface area contributed by atoms with Crippen molar-refractivity contribution in [1.82, 2.24) is 10.2 Å². The maximum Gasteiger partial charge on any atom is 0.253 e. The van der Waals surface area contributed by atoms with Gasteiger partial charge in [-0.3, -0.25) is 9.59 Å². The second-order valence-electron chi connectivity index (χ2n) is 6.71. The molecule has 0 spiro atoms. The van der Waals surface area contributed by atoms with Gasteiger partial charge in [-0.15, -0.1) is 0 Å². The molecule has 1 saturated heterocycles. The molecule has 1 heterocycles. The molecule has 5 heteroatoms. The van der Waals surface area contributed by atoms with Crippen LogP contribution in [0.5, 0.6) is 0 Å². The Labute approximate surface area is 153 Å². The van der Waals surface area contributed by atoms with Crippen LogP contribution in [0.1, 0.15) is 41.7 Å². The Morgan fingerprint density at radius 3 is 2.27 bits per heavy atom. The fourth-order valence-corrected chi connectivity index (χ4v) is 3.28. The van der Waals surface area contributed by atoms with Crippen LogP contribution in [0.2, 0.25) is 0 Å². The molecule has 26 heavy (non-hydrogen) atoms. The summed E-state index contributed by atoms with van der Waals surface area (Å²) in [4.78, 5) is 26.7. The Morgan fingerprint density at radius 1 is 1.04 bits per heavy atom. The van der Waals surface area contributed by atoms with Crippen molar-refractivity contribution in [1.29, 1.82) is 0 Å². The highest BCUT2D eigenvalue weighted by Gasteiger charge is 2.28. The summed E-state index contributed by atoms with van der Waals surface area (Å²) in [6.45, 7) is 3.04. The summed E-state index contributed by atoms with van der Waals surface area (Å²) in [6.07, 6.45) is 1.28. The number of benzene rings is 2. The lowest BCUT2D eigenvalue weighted by atomic mass is 9.94. The molecular formula is C21H23FN2O2. The number of rotatable bonds is 4. The number of amides is 2. The largest absolute Gasteiger partial charge is 0.349 e. The van der Waals surface area contributed by atoms with Gasteiger partial charge in [0.05, 0.1) is 6.04 Å². The third kappa shape index (κ3) is 4.28. The summed E-state index contributed by atoms with van der Waals surface area (Å²) in [6, 6.07) is 15.4. The lowest BCUT2D eigenvalue weighted by Crippen LogP contribution is -2.43. The fraction of sp³-hybridized carbons (Fsp3) is 0.333. The summed E-state index contributed by atoms with van der Waals surface area (Å²) in [5.41, 5.74) is 1.55. The first-order valence-corrected chi connectivity index (χ1v) is 8.95. The topological polar surface area (TPSA) is 49.4 Å². The number of halogens is 1. The summed E-state index contributed by atoms with van der Waals surface area (Å²) < 4.78 is 13.0. The third-order valence-electron chi connectivity index (χ3n) is 4.90. The molecule has 136 valence electrons. The van der Waals surface area contributed by atoms with Crippen LogP contribution in [0.15, 0.2) is 54.6 Å². The zero-order chi connectivity index (χ0) is 18.5. The maximum atomic E-state index is 13.0. The van der Waals surface area contributed by atoms with Crippen LogP contribution in [0.25, 0.3) is 0 Å². The van der Waals surface area contributed by atoms with E-state index < -0.39 is 0 Å². The SMILES string of the molecule is C[C@H](NC(=O)C1CCN(C(=O)c2ccc(F)cc2)CC1)c1ccccc1. The van der Waals surface area contributed by atoms with Crippen LogP contribution < -0.4 is 5.32 Å². The van der Waals surface area contributed by atoms with Crippen LogP contribution in [0, 0.1) is 11.7 Å². The molecule has 0 saturated carbocycles. The van der Waals surface area contributed by atoms with Crippen molar-refractivity contribution >= 4 is 11.8 Å². The zero-order valence-corrected chi connectivity index (χ0v) is 14.8. The Kier molecular flexibility index (Phi) is 5.66. The van der Waals surface area contributed by atoms with Crippen LogP contribution >= 0.6 is 0 Å². The number of carbonyl (C=O) groups excluding carboxylic acids is 2. The predicted octanol–water partition coefficient (Wildman–Crippen LogP) is 3.56. The van der Waals surface area contributed by atoms with Crippen molar-refractivity contribution in [3.8, 4) is 0 Å². The number of hydrogen-bond acceptors (Lipinski definition) is 2. The number of piperidine rings is 1. The van der Waals surface area contributed by atoms with Gasteiger partial charge in [-0.25, -0.2) is 4.39 Å². The van der Waals surface area contributed by atoms with Gasteiger partial charge in [0.15, 0.2) is 0 Å². The monoisotopic (exact) mass is 354 g/mol. The Hall–Kier alpha value is -2.69. The molecule has 2 aromatic carbocycles. The molecule has 0 aromatic heterocycles. The van der Waals surface area contributed by atoms with Crippen LogP contribution in [-0.4, -0.2) is 29.8 Å². The first-order chi connectivity index (χ1) is 12.5. The minimum absolute atomic E-state index is 0.0373. The minimum Gasteiger partial charge on any atom is -0.349 e. The number of likely N-dealkylation sites (tertiary alicyclic amines) is 1. The lowest BCUT2D eigenvalue weighted by molar-refractivity contribution is -0.126. The van der Waals surface area contributed by atoms with E-state index in [-0.39, 0.29) is 29.6 Å². The van der Waals surface area contributed by atoms with E-state index in [1.807, 2.05) is 37.3 Å². The smallest absolute Gasteiger partial charge is 0.253 e. The molecule has 1 N–H and O–H groups in total. The molecule has 1 fully saturated rings. The second-order valence-corrected chi connectivity index (χ2v) is 6.71. The summed E-state index contributed by atoms with van der Waals surface area (Å²) in [5, 5.41) is 3.06. The van der Waals surface area contributed by atoms with Gasteiger partial charge in [-0.05, 0) is 49.6 Å². The fourth-order valence-electron chi connectivity index (χ4n) is 3.28. The maximum absolute atomic E-state index is 13.0. The van der Waals surface area contributed by atoms with Crippen molar-refractivity contribution in [2.75, 3.05) is 13.1 Å². The van der Waals surface area contributed by atoms with E-state index in [4.69, 9.17) is 0 Å². The predicted molar refractivity (Wildman–Crippen MR) is 98.0 cm³/mol. The van der Waals surface area contributed by atoms with E-state index in [1.54, 1.807) is 4.90 Å². The van der Waals surface area contributed by atoms with Gasteiger partial charge < -0.3 is 10.2 Å². The first-order valence-electron chi connectivity index (χ1n) is 8.95. The molecule has 0 radical (unpaired) electrons. The highest BCUT2D eigenvalue weighted by atomic mass is 19.1. The number of hydrogen-bond donors (Lipinski definition) is 1. The van der Waals surface area contributed by atoms with Gasteiger partial charge in [0.2, 0.25) is 5.91 Å². The van der Waals surface area contributed by atoms with Crippen LogP contribution in [-0.2, 0) is 4.79 Å². The molecule has 4 nitrogen and oxygen atoms in total. The minimum atomic E-state index is -0.357. The average Bonchev–Trinajstić information content (AvgIpc) is 2.69. The molecule has 1 aliphatic heterocycles. The van der Waals surface area contributed by atoms with Gasteiger partial charge in [0, 0.05) is 24.6 Å². The van der Waals surface area contributed by atoms with Crippen molar-refractivity contribution in [3.05, 3.63) is 71.5 Å². The Morgan fingerprint density at radius 2 is 1.65 bits per heavy atom. The standard InChI is InChI=1S/C21H23FN2O2/c1-15(16-5-3-2-4-6-16)23-20(25)17-11-13-24(14-12-17)21(26)18-7-9-19(22)10-8-18/h2-10,15,17H,11-14H2,1H3,(H,23,25)/t15-/m0/s1. The van der Waals surface area contributed by atoms with Crippen LogP contribution in [0.3, 0.4) is 0 Å². The van der Waals surface area contributed by atoms with E-state index in [2.05, 4.69) is 5.32 Å². The Balaban J connectivity index is 1.52. The molecule has 0 unspecified atom stereocenters. The van der Waals surface area contributed by atoms with Crippen LogP contribution in [0.4, 0.5) is 4.39 Å². The highest BCUT2D eigenvalue weighted by Crippen LogP contribution is 2.21. The summed E-state index contributed by atoms with van der Waals surface area (Å²) >= 11 is 0. The molecule has 2 amide bonds. The van der Waals surface area contributed by atoms with Gasteiger partial charge >= 0.3 is 0 Å². The quantitative estimate of drug-likeness (QED) is 0.913.